The largest absolute Gasteiger partial charge is 0.496 e. The molecular formula is C20H26N2O4S. The number of hydrogen-bond acceptors (Lipinski definition) is 4. The van der Waals surface area contributed by atoms with Crippen molar-refractivity contribution in [3.05, 3.63) is 53.6 Å². The maximum Gasteiger partial charge on any atom is 0.261 e. The fourth-order valence-electron chi connectivity index (χ4n) is 2.52. The topological polar surface area (TPSA) is 84.5 Å². The average molecular weight is 391 g/mol. The van der Waals surface area contributed by atoms with Gasteiger partial charge in [-0.05, 0) is 55.7 Å². The van der Waals surface area contributed by atoms with Crippen LogP contribution < -0.4 is 14.8 Å². The number of nitrogens with one attached hydrogen (secondary N) is 2. The molecule has 0 aliphatic heterocycles. The van der Waals surface area contributed by atoms with Gasteiger partial charge in [0, 0.05) is 11.7 Å². The van der Waals surface area contributed by atoms with Crippen molar-refractivity contribution in [1.29, 1.82) is 0 Å². The molecule has 0 aliphatic rings. The molecule has 0 aromatic heterocycles. The average Bonchev–Trinajstić information content (AvgIpc) is 2.60. The molecule has 1 amide bonds. The van der Waals surface area contributed by atoms with E-state index in [1.807, 2.05) is 26.0 Å². The van der Waals surface area contributed by atoms with E-state index in [4.69, 9.17) is 4.74 Å². The highest BCUT2D eigenvalue weighted by atomic mass is 32.2. The Morgan fingerprint density at radius 1 is 1.00 bits per heavy atom. The first-order valence-electron chi connectivity index (χ1n) is 8.75. The van der Waals surface area contributed by atoms with Gasteiger partial charge in [0.15, 0.2) is 0 Å². The molecule has 2 rings (SSSR count). The fraction of sp³-hybridized carbons (Fsp3) is 0.350. The number of hydrogen-bond donors (Lipinski definition) is 2. The molecule has 146 valence electrons. The first kappa shape index (κ1) is 20.8. The molecule has 7 heteroatoms. The zero-order valence-corrected chi connectivity index (χ0v) is 17.1. The standard InChI is InChI=1S/C20H26N2O4S/c1-13(2)15-6-8-16(9-7-15)22-27(24,25)17-10-11-19(26-5)18(12-17)20(23)21-14(3)4/h6-14,22H,1-5H3,(H,21,23). The van der Waals surface area contributed by atoms with Crippen molar-refractivity contribution < 1.29 is 17.9 Å². The fourth-order valence-corrected chi connectivity index (χ4v) is 3.61. The molecule has 0 atom stereocenters. The lowest BCUT2D eigenvalue weighted by Gasteiger charge is -2.14. The van der Waals surface area contributed by atoms with Crippen LogP contribution in [0.4, 0.5) is 5.69 Å². The van der Waals surface area contributed by atoms with Gasteiger partial charge in [-0.15, -0.1) is 0 Å². The van der Waals surface area contributed by atoms with Gasteiger partial charge in [-0.1, -0.05) is 26.0 Å². The Hall–Kier alpha value is -2.54. The number of rotatable bonds is 7. The lowest BCUT2D eigenvalue weighted by atomic mass is 10.0. The molecule has 0 bridgehead atoms. The molecule has 0 saturated heterocycles. The zero-order chi connectivity index (χ0) is 20.2. The van der Waals surface area contributed by atoms with Crippen molar-refractivity contribution in [3.8, 4) is 5.75 Å². The predicted octanol–water partition coefficient (Wildman–Crippen LogP) is 3.76. The van der Waals surface area contributed by atoms with E-state index < -0.39 is 10.0 Å². The minimum absolute atomic E-state index is 0.00913. The van der Waals surface area contributed by atoms with Gasteiger partial charge in [0.2, 0.25) is 0 Å². The van der Waals surface area contributed by atoms with Gasteiger partial charge >= 0.3 is 0 Å². The highest BCUT2D eigenvalue weighted by Crippen LogP contribution is 2.25. The van der Waals surface area contributed by atoms with Gasteiger partial charge in [0.05, 0.1) is 17.6 Å². The lowest BCUT2D eigenvalue weighted by molar-refractivity contribution is 0.0940. The summed E-state index contributed by atoms with van der Waals surface area (Å²) >= 11 is 0. The van der Waals surface area contributed by atoms with Crippen LogP contribution in [-0.2, 0) is 10.0 Å². The summed E-state index contributed by atoms with van der Waals surface area (Å²) in [5, 5.41) is 2.74. The van der Waals surface area contributed by atoms with Crippen LogP contribution in [0.3, 0.4) is 0 Å². The Labute approximate surface area is 161 Å². The van der Waals surface area contributed by atoms with E-state index in [0.717, 1.165) is 5.56 Å². The first-order valence-corrected chi connectivity index (χ1v) is 10.2. The van der Waals surface area contributed by atoms with Crippen molar-refractivity contribution in [1.82, 2.24) is 5.32 Å². The van der Waals surface area contributed by atoms with Gasteiger partial charge in [0.25, 0.3) is 15.9 Å². The number of anilines is 1. The van der Waals surface area contributed by atoms with Crippen molar-refractivity contribution in [3.63, 3.8) is 0 Å². The second kappa shape index (κ2) is 8.43. The van der Waals surface area contributed by atoms with Gasteiger partial charge in [-0.25, -0.2) is 8.42 Å². The van der Waals surface area contributed by atoms with E-state index in [1.165, 1.54) is 25.3 Å². The van der Waals surface area contributed by atoms with E-state index in [9.17, 15) is 13.2 Å². The first-order chi connectivity index (χ1) is 12.6. The Morgan fingerprint density at radius 3 is 2.15 bits per heavy atom. The van der Waals surface area contributed by atoms with E-state index in [-0.39, 0.29) is 22.4 Å². The van der Waals surface area contributed by atoms with Crippen LogP contribution in [0.1, 0.15) is 49.5 Å². The van der Waals surface area contributed by atoms with Gasteiger partial charge in [0.1, 0.15) is 5.75 Å². The summed E-state index contributed by atoms with van der Waals surface area (Å²) < 4.78 is 33.2. The number of carbonyl (C=O) groups excluding carboxylic acids is 1. The zero-order valence-electron chi connectivity index (χ0n) is 16.2. The predicted molar refractivity (Wildman–Crippen MR) is 107 cm³/mol. The molecule has 0 unspecified atom stereocenters. The van der Waals surface area contributed by atoms with Crippen molar-refractivity contribution >= 4 is 21.6 Å². The smallest absolute Gasteiger partial charge is 0.261 e. The summed E-state index contributed by atoms with van der Waals surface area (Å²) in [6.07, 6.45) is 0. The van der Waals surface area contributed by atoms with E-state index in [1.54, 1.807) is 12.1 Å². The number of carbonyl (C=O) groups is 1. The summed E-state index contributed by atoms with van der Waals surface area (Å²) in [4.78, 5) is 12.4. The molecule has 0 saturated carbocycles. The minimum atomic E-state index is -3.84. The van der Waals surface area contributed by atoms with Crippen molar-refractivity contribution in [2.45, 2.75) is 44.6 Å². The summed E-state index contributed by atoms with van der Waals surface area (Å²) in [6, 6.07) is 11.4. The van der Waals surface area contributed by atoms with Crippen molar-refractivity contribution in [2.75, 3.05) is 11.8 Å². The van der Waals surface area contributed by atoms with E-state index in [0.29, 0.717) is 17.4 Å². The molecule has 0 spiro atoms. The highest BCUT2D eigenvalue weighted by molar-refractivity contribution is 7.92. The second-order valence-corrected chi connectivity index (χ2v) is 8.55. The molecule has 2 aromatic carbocycles. The molecule has 0 radical (unpaired) electrons. The summed E-state index contributed by atoms with van der Waals surface area (Å²) in [7, 11) is -2.41. The Bertz CT molecular complexity index is 904. The SMILES string of the molecule is COc1ccc(S(=O)(=O)Nc2ccc(C(C)C)cc2)cc1C(=O)NC(C)C. The normalized spacial score (nSPS) is 11.5. The summed E-state index contributed by atoms with van der Waals surface area (Å²) in [5.74, 6) is 0.285. The van der Waals surface area contributed by atoms with Gasteiger partial charge in [-0.3, -0.25) is 9.52 Å². The summed E-state index contributed by atoms with van der Waals surface area (Å²) in [6.45, 7) is 7.79. The van der Waals surface area contributed by atoms with E-state index >= 15 is 0 Å². The maximum atomic E-state index is 12.7. The maximum absolute atomic E-state index is 12.7. The minimum Gasteiger partial charge on any atom is -0.496 e. The number of amides is 1. The van der Waals surface area contributed by atoms with Gasteiger partial charge < -0.3 is 10.1 Å². The summed E-state index contributed by atoms with van der Waals surface area (Å²) in [5.41, 5.74) is 1.75. The molecular weight excluding hydrogens is 364 g/mol. The van der Waals surface area contributed by atoms with E-state index in [2.05, 4.69) is 23.9 Å². The molecule has 2 aromatic rings. The van der Waals surface area contributed by atoms with Crippen LogP contribution in [0.25, 0.3) is 0 Å². The van der Waals surface area contributed by atoms with Crippen LogP contribution >= 0.6 is 0 Å². The Kier molecular flexibility index (Phi) is 6.49. The molecule has 0 fully saturated rings. The third kappa shape index (κ3) is 5.23. The Balaban J connectivity index is 2.33. The van der Waals surface area contributed by atoms with Crippen LogP contribution in [-0.4, -0.2) is 27.5 Å². The molecule has 0 aliphatic carbocycles. The molecule has 6 nitrogen and oxygen atoms in total. The second-order valence-electron chi connectivity index (χ2n) is 6.87. The number of ether oxygens (including phenoxy) is 1. The van der Waals surface area contributed by atoms with Crippen LogP contribution in [0.5, 0.6) is 5.75 Å². The Morgan fingerprint density at radius 2 is 1.63 bits per heavy atom. The number of benzene rings is 2. The van der Waals surface area contributed by atoms with Crippen LogP contribution in [0.15, 0.2) is 47.4 Å². The van der Waals surface area contributed by atoms with Crippen LogP contribution in [0.2, 0.25) is 0 Å². The third-order valence-electron chi connectivity index (χ3n) is 3.98. The number of sulfonamides is 1. The van der Waals surface area contributed by atoms with Crippen LogP contribution in [0, 0.1) is 0 Å². The quantitative estimate of drug-likeness (QED) is 0.754. The molecule has 2 N–H and O–H groups in total. The molecule has 27 heavy (non-hydrogen) atoms. The molecule has 0 heterocycles. The highest BCUT2D eigenvalue weighted by Gasteiger charge is 2.20. The lowest BCUT2D eigenvalue weighted by Crippen LogP contribution is -2.30. The van der Waals surface area contributed by atoms with Gasteiger partial charge in [-0.2, -0.15) is 0 Å². The number of methoxy groups -OCH3 is 1. The monoisotopic (exact) mass is 390 g/mol. The van der Waals surface area contributed by atoms with Crippen molar-refractivity contribution in [2.24, 2.45) is 0 Å². The third-order valence-corrected chi connectivity index (χ3v) is 5.35.